The minimum atomic E-state index is -2.57. The van der Waals surface area contributed by atoms with Gasteiger partial charge in [-0.1, -0.05) is 93.6 Å². The van der Waals surface area contributed by atoms with Crippen LogP contribution in [0.15, 0.2) is 84.9 Å². The molecule has 1 atom stereocenters. The molecular weight excluding hydrogens is 464 g/mol. The van der Waals surface area contributed by atoms with Crippen LogP contribution in [0, 0.1) is 0 Å². The summed E-state index contributed by atoms with van der Waals surface area (Å²) in [6, 6.07) is 29.2. The Morgan fingerprint density at radius 3 is 1.83 bits per heavy atom. The Hall–Kier alpha value is -2.73. The lowest BCUT2D eigenvalue weighted by molar-refractivity contribution is -0.116. The quantitative estimate of drug-likeness (QED) is 0.165. The molecule has 0 spiro atoms. The second-order valence-corrected chi connectivity index (χ2v) is 14.9. The molecule has 3 rings (SSSR count). The fourth-order valence-electron chi connectivity index (χ4n) is 4.82. The van der Waals surface area contributed by atoms with Gasteiger partial charge in [0.05, 0.1) is 19.3 Å². The predicted octanol–water partition coefficient (Wildman–Crippen LogP) is 5.92. The second kappa shape index (κ2) is 12.5. The lowest BCUT2D eigenvalue weighted by Gasteiger charge is -2.43. The summed E-state index contributed by atoms with van der Waals surface area (Å²) in [7, 11) is -0.912. The largest absolute Gasteiger partial charge is 0.497 e. The summed E-state index contributed by atoms with van der Waals surface area (Å²) in [5.41, 5.74) is 0.507. The number of carbonyl (C=O) groups is 1. The minimum Gasteiger partial charge on any atom is -0.497 e. The van der Waals surface area contributed by atoms with Crippen molar-refractivity contribution in [2.24, 2.45) is 0 Å². The monoisotopic (exact) mass is 504 g/mol. The van der Waals surface area contributed by atoms with Crippen LogP contribution in [0.3, 0.4) is 0 Å². The highest BCUT2D eigenvalue weighted by molar-refractivity contribution is 6.99. The van der Waals surface area contributed by atoms with E-state index in [1.807, 2.05) is 31.2 Å². The van der Waals surface area contributed by atoms with E-state index in [0.717, 1.165) is 30.4 Å². The maximum absolute atomic E-state index is 11.5. The number of hydrogen-bond acceptors (Lipinski definition) is 4. The van der Waals surface area contributed by atoms with Gasteiger partial charge in [-0.3, -0.25) is 0 Å². The highest BCUT2D eigenvalue weighted by Gasteiger charge is 2.50. The van der Waals surface area contributed by atoms with Gasteiger partial charge in [0, 0.05) is 13.0 Å². The van der Waals surface area contributed by atoms with Crippen molar-refractivity contribution in [1.82, 2.24) is 0 Å². The van der Waals surface area contributed by atoms with E-state index in [4.69, 9.17) is 13.9 Å². The molecule has 0 aliphatic rings. The molecule has 0 saturated carbocycles. The van der Waals surface area contributed by atoms with Gasteiger partial charge < -0.3 is 18.7 Å². The minimum absolute atomic E-state index is 0.0628. The summed E-state index contributed by atoms with van der Waals surface area (Å²) >= 11 is 0. The number of carbonyl (C=O) groups excluding carboxylic acids is 1. The van der Waals surface area contributed by atoms with Gasteiger partial charge in [-0.2, -0.15) is 0 Å². The number of ether oxygens (including phenoxy) is 2. The standard InChI is InChI=1S/C31H40O4Si/c1-30(2,3)36(28-13-8-6-9-14-28,29-15-10-7-11-16-29)35-24-12-21-31(4,22-23-32)34-25-26-17-19-27(33-5)20-18-26/h6-11,13-20,23H,12,21-22,24-25H2,1-5H3/t31-/m0/s1. The van der Waals surface area contributed by atoms with Gasteiger partial charge in [0.25, 0.3) is 8.32 Å². The number of rotatable bonds is 13. The van der Waals surface area contributed by atoms with Crippen LogP contribution < -0.4 is 15.1 Å². The lowest BCUT2D eigenvalue weighted by atomic mass is 9.96. The van der Waals surface area contributed by atoms with Crippen LogP contribution in [-0.4, -0.2) is 33.9 Å². The van der Waals surface area contributed by atoms with Crippen molar-refractivity contribution >= 4 is 25.0 Å². The molecule has 0 heterocycles. The topological polar surface area (TPSA) is 44.8 Å². The molecule has 5 heteroatoms. The number of benzene rings is 3. The number of methoxy groups -OCH3 is 1. The molecular formula is C31H40O4Si. The van der Waals surface area contributed by atoms with Crippen LogP contribution in [0.5, 0.6) is 5.75 Å². The molecule has 0 unspecified atom stereocenters. The Bertz CT molecular complexity index is 1020. The third kappa shape index (κ3) is 6.72. The van der Waals surface area contributed by atoms with Crippen LogP contribution in [0.4, 0.5) is 0 Å². The van der Waals surface area contributed by atoms with Crippen molar-refractivity contribution in [3.8, 4) is 5.75 Å². The molecule has 0 radical (unpaired) electrons. The summed E-state index contributed by atoms with van der Waals surface area (Å²) in [6.45, 7) is 9.93. The summed E-state index contributed by atoms with van der Waals surface area (Å²) < 4.78 is 18.5. The number of hydrogen-bond donors (Lipinski definition) is 0. The summed E-state index contributed by atoms with van der Waals surface area (Å²) in [6.07, 6.45) is 2.84. The summed E-state index contributed by atoms with van der Waals surface area (Å²) in [4.78, 5) is 11.5. The van der Waals surface area contributed by atoms with Gasteiger partial charge in [-0.05, 0) is 52.9 Å². The Balaban J connectivity index is 1.74. The molecule has 192 valence electrons. The van der Waals surface area contributed by atoms with E-state index in [9.17, 15) is 4.79 Å². The predicted molar refractivity (Wildman–Crippen MR) is 150 cm³/mol. The van der Waals surface area contributed by atoms with Crippen LogP contribution in [-0.2, 0) is 20.6 Å². The highest BCUT2D eigenvalue weighted by Crippen LogP contribution is 2.37. The molecule has 0 aliphatic heterocycles. The zero-order valence-electron chi connectivity index (χ0n) is 22.3. The maximum atomic E-state index is 11.5. The molecule has 0 saturated heterocycles. The first-order chi connectivity index (χ1) is 17.2. The molecule has 36 heavy (non-hydrogen) atoms. The fraction of sp³-hybridized carbons (Fsp3) is 0.387. The molecule has 0 amide bonds. The molecule has 4 nitrogen and oxygen atoms in total. The highest BCUT2D eigenvalue weighted by atomic mass is 28.4. The Morgan fingerprint density at radius 2 is 1.36 bits per heavy atom. The van der Waals surface area contributed by atoms with E-state index >= 15 is 0 Å². The third-order valence-electron chi connectivity index (χ3n) is 6.85. The fourth-order valence-corrected chi connectivity index (χ4v) is 9.43. The van der Waals surface area contributed by atoms with E-state index in [-0.39, 0.29) is 5.04 Å². The second-order valence-electron chi connectivity index (χ2n) is 10.6. The molecule has 0 N–H and O–H groups in total. The molecule has 0 bridgehead atoms. The lowest BCUT2D eigenvalue weighted by Crippen LogP contribution is -2.66. The summed E-state index contributed by atoms with van der Waals surface area (Å²) in [5, 5.41) is 2.48. The van der Waals surface area contributed by atoms with Gasteiger partial charge in [0.1, 0.15) is 12.0 Å². The third-order valence-corrected chi connectivity index (χ3v) is 11.9. The number of aldehydes is 1. The average molecular weight is 505 g/mol. The molecule has 0 aromatic heterocycles. The summed E-state index contributed by atoms with van der Waals surface area (Å²) in [5.74, 6) is 0.815. The van der Waals surface area contributed by atoms with Gasteiger partial charge in [-0.15, -0.1) is 0 Å². The average Bonchev–Trinajstić information content (AvgIpc) is 2.88. The van der Waals surface area contributed by atoms with Gasteiger partial charge in [-0.25, -0.2) is 0 Å². The van der Waals surface area contributed by atoms with Crippen molar-refractivity contribution in [2.75, 3.05) is 13.7 Å². The van der Waals surface area contributed by atoms with E-state index in [1.165, 1.54) is 10.4 Å². The molecule has 3 aromatic carbocycles. The molecule has 0 fully saturated rings. The van der Waals surface area contributed by atoms with Gasteiger partial charge in [0.2, 0.25) is 0 Å². The normalized spacial score (nSPS) is 13.7. The van der Waals surface area contributed by atoms with Gasteiger partial charge >= 0.3 is 0 Å². The first-order valence-electron chi connectivity index (χ1n) is 12.7. The van der Waals surface area contributed by atoms with Crippen LogP contribution in [0.2, 0.25) is 5.04 Å². The Kier molecular flexibility index (Phi) is 9.66. The smallest absolute Gasteiger partial charge is 0.261 e. The first kappa shape index (κ1) is 27.8. The van der Waals surface area contributed by atoms with Crippen molar-refractivity contribution in [3.63, 3.8) is 0 Å². The van der Waals surface area contributed by atoms with E-state index in [2.05, 4.69) is 81.4 Å². The van der Waals surface area contributed by atoms with Crippen LogP contribution in [0.1, 0.15) is 52.5 Å². The van der Waals surface area contributed by atoms with Crippen LogP contribution in [0.25, 0.3) is 0 Å². The molecule has 0 aliphatic carbocycles. The SMILES string of the molecule is COc1ccc(CO[C@](C)(CC=O)CCCO[Si](c2ccccc2)(c2ccccc2)C(C)(C)C)cc1. The van der Waals surface area contributed by atoms with E-state index < -0.39 is 13.9 Å². The van der Waals surface area contributed by atoms with E-state index in [0.29, 0.717) is 19.6 Å². The maximum Gasteiger partial charge on any atom is 0.261 e. The van der Waals surface area contributed by atoms with Crippen molar-refractivity contribution < 1.29 is 18.7 Å². The van der Waals surface area contributed by atoms with Crippen molar-refractivity contribution in [1.29, 1.82) is 0 Å². The zero-order valence-corrected chi connectivity index (χ0v) is 23.3. The van der Waals surface area contributed by atoms with Crippen LogP contribution >= 0.6 is 0 Å². The van der Waals surface area contributed by atoms with Crippen molar-refractivity contribution in [2.45, 2.75) is 64.2 Å². The van der Waals surface area contributed by atoms with Gasteiger partial charge in [0.15, 0.2) is 0 Å². The Labute approximate surface area is 217 Å². The first-order valence-corrected chi connectivity index (χ1v) is 14.6. The zero-order chi connectivity index (χ0) is 26.1. The van der Waals surface area contributed by atoms with Crippen molar-refractivity contribution in [3.05, 3.63) is 90.5 Å². The Morgan fingerprint density at radius 1 is 0.806 bits per heavy atom. The van der Waals surface area contributed by atoms with E-state index in [1.54, 1.807) is 7.11 Å². The molecule has 3 aromatic rings.